The highest BCUT2D eigenvalue weighted by Gasteiger charge is 2.40. The van der Waals surface area contributed by atoms with Gasteiger partial charge in [0.05, 0.1) is 12.7 Å². The fourth-order valence-electron chi connectivity index (χ4n) is 2.89. The van der Waals surface area contributed by atoms with E-state index in [4.69, 9.17) is 9.84 Å². The largest absolute Gasteiger partial charge is 0.391 e. The van der Waals surface area contributed by atoms with Crippen LogP contribution < -0.4 is 0 Å². The molecule has 0 aliphatic heterocycles. The van der Waals surface area contributed by atoms with Gasteiger partial charge in [0.1, 0.15) is 6.79 Å². The van der Waals surface area contributed by atoms with E-state index in [0.29, 0.717) is 5.41 Å². The Hall–Kier alpha value is -0.380. The lowest BCUT2D eigenvalue weighted by molar-refractivity contribution is -0.0449. The molecule has 0 aromatic heterocycles. The number of fused-ring (bicyclic) bond motifs is 2. The van der Waals surface area contributed by atoms with Gasteiger partial charge in [-0.05, 0) is 43.4 Å². The quantitative estimate of drug-likeness (QED) is 0.517. The van der Waals surface area contributed by atoms with Gasteiger partial charge in [0.2, 0.25) is 0 Å². The minimum atomic E-state index is -0.431. The van der Waals surface area contributed by atoms with E-state index in [1.165, 1.54) is 19.3 Å². The Kier molecular flexibility index (Phi) is 3.44. The van der Waals surface area contributed by atoms with Crippen molar-refractivity contribution in [1.82, 2.24) is 0 Å². The molecule has 3 heteroatoms. The monoisotopic (exact) mass is 212 g/mol. The van der Waals surface area contributed by atoms with Crippen molar-refractivity contribution < 1.29 is 14.9 Å². The van der Waals surface area contributed by atoms with Gasteiger partial charge >= 0.3 is 0 Å². The Morgan fingerprint density at radius 3 is 2.93 bits per heavy atom. The molecule has 0 heterocycles. The minimum Gasteiger partial charge on any atom is -0.391 e. The molecule has 0 spiro atoms. The average Bonchev–Trinajstić information content (AvgIpc) is 2.84. The van der Waals surface area contributed by atoms with Gasteiger partial charge in [-0.2, -0.15) is 0 Å². The van der Waals surface area contributed by atoms with Gasteiger partial charge in [0, 0.05) is 0 Å². The van der Waals surface area contributed by atoms with Gasteiger partial charge in [0.25, 0.3) is 0 Å². The van der Waals surface area contributed by atoms with Gasteiger partial charge in [-0.3, -0.25) is 0 Å². The molecule has 2 bridgehead atoms. The first-order chi connectivity index (χ1) is 7.24. The normalized spacial score (nSPS) is 34.9. The van der Waals surface area contributed by atoms with Crippen molar-refractivity contribution >= 4 is 0 Å². The highest BCUT2D eigenvalue weighted by Crippen LogP contribution is 2.51. The molecule has 3 nitrogen and oxygen atoms in total. The summed E-state index contributed by atoms with van der Waals surface area (Å²) in [7, 11) is 0. The van der Waals surface area contributed by atoms with Crippen molar-refractivity contribution in [2.75, 3.05) is 13.4 Å². The van der Waals surface area contributed by atoms with Crippen molar-refractivity contribution in [3.05, 3.63) is 12.2 Å². The molecule has 2 rings (SSSR count). The predicted octanol–water partition coefficient (Wildman–Crippen LogP) is 1.45. The van der Waals surface area contributed by atoms with Gasteiger partial charge in [0.15, 0.2) is 0 Å². The third kappa shape index (κ3) is 2.60. The molecule has 15 heavy (non-hydrogen) atoms. The van der Waals surface area contributed by atoms with Crippen LogP contribution in [-0.2, 0) is 4.74 Å². The van der Waals surface area contributed by atoms with Crippen LogP contribution in [0.3, 0.4) is 0 Å². The zero-order valence-corrected chi connectivity index (χ0v) is 9.06. The number of allylic oxidation sites excluding steroid dienone is 2. The molecule has 0 saturated heterocycles. The molecule has 3 atom stereocenters. The molecule has 2 aliphatic rings. The lowest BCUT2D eigenvalue weighted by Gasteiger charge is -2.24. The molecular weight excluding hydrogens is 192 g/mol. The Labute approximate surface area is 90.8 Å². The molecule has 86 valence electrons. The second kappa shape index (κ2) is 4.64. The van der Waals surface area contributed by atoms with Crippen LogP contribution in [0.1, 0.15) is 32.1 Å². The first-order valence-corrected chi connectivity index (χ1v) is 5.80. The molecule has 2 aliphatic carbocycles. The van der Waals surface area contributed by atoms with E-state index in [1.807, 2.05) is 0 Å². The van der Waals surface area contributed by atoms with Crippen LogP contribution in [0.5, 0.6) is 0 Å². The second-order valence-electron chi connectivity index (χ2n) is 4.92. The van der Waals surface area contributed by atoms with Crippen LogP contribution in [-0.4, -0.2) is 29.7 Å². The summed E-state index contributed by atoms with van der Waals surface area (Å²) in [6, 6.07) is 0. The van der Waals surface area contributed by atoms with Crippen LogP contribution in [0.4, 0.5) is 0 Å². The lowest BCUT2D eigenvalue weighted by atomic mass is 9.82. The van der Waals surface area contributed by atoms with Crippen LogP contribution in [0.2, 0.25) is 0 Å². The van der Waals surface area contributed by atoms with Gasteiger partial charge < -0.3 is 14.9 Å². The van der Waals surface area contributed by atoms with E-state index in [2.05, 4.69) is 12.2 Å². The number of ether oxygens (including phenoxy) is 1. The maximum Gasteiger partial charge on any atom is 0.143 e. The van der Waals surface area contributed by atoms with Crippen LogP contribution >= 0.6 is 0 Å². The first-order valence-electron chi connectivity index (χ1n) is 5.80. The fourth-order valence-corrected chi connectivity index (χ4v) is 2.89. The summed E-state index contributed by atoms with van der Waals surface area (Å²) in [5.74, 6) is 0.802. The predicted molar refractivity (Wildman–Crippen MR) is 57.2 cm³/mol. The fraction of sp³-hybridized carbons (Fsp3) is 0.833. The van der Waals surface area contributed by atoms with E-state index < -0.39 is 6.10 Å². The smallest absolute Gasteiger partial charge is 0.143 e. The molecule has 1 fully saturated rings. The molecule has 2 N–H and O–H groups in total. The zero-order chi connectivity index (χ0) is 10.7. The first kappa shape index (κ1) is 11.1. The summed E-state index contributed by atoms with van der Waals surface area (Å²) in [6.07, 6.45) is 9.95. The van der Waals surface area contributed by atoms with Crippen molar-refractivity contribution in [3.8, 4) is 0 Å². The van der Waals surface area contributed by atoms with Crippen LogP contribution in [0.15, 0.2) is 12.2 Å². The maximum absolute atomic E-state index is 9.60. The van der Waals surface area contributed by atoms with Crippen molar-refractivity contribution in [2.24, 2.45) is 11.3 Å². The van der Waals surface area contributed by atoms with Crippen LogP contribution in [0, 0.1) is 11.3 Å². The summed E-state index contributed by atoms with van der Waals surface area (Å²) in [6.45, 7) is -0.0517. The third-order valence-corrected chi connectivity index (χ3v) is 3.78. The Morgan fingerprint density at radius 1 is 1.53 bits per heavy atom. The molecule has 3 unspecified atom stereocenters. The SMILES string of the molecule is OCOCC(O)CCC12C=CC(CC1)C2. The van der Waals surface area contributed by atoms with E-state index in [0.717, 1.165) is 18.8 Å². The molecule has 0 aromatic rings. The van der Waals surface area contributed by atoms with Crippen molar-refractivity contribution in [1.29, 1.82) is 0 Å². The summed E-state index contributed by atoms with van der Waals surface area (Å²) >= 11 is 0. The molecular formula is C12H20O3. The average molecular weight is 212 g/mol. The lowest BCUT2D eigenvalue weighted by Crippen LogP contribution is -2.20. The standard InChI is InChI=1S/C12H20O3/c13-9-15-8-11(14)3-6-12-4-1-10(7-12)2-5-12/h1,4,10-11,13-14H,2-3,5-9H2. The highest BCUT2D eigenvalue weighted by atomic mass is 16.6. The van der Waals surface area contributed by atoms with E-state index in [-0.39, 0.29) is 13.4 Å². The Balaban J connectivity index is 1.71. The third-order valence-electron chi connectivity index (χ3n) is 3.78. The second-order valence-corrected chi connectivity index (χ2v) is 4.92. The summed E-state index contributed by atoms with van der Waals surface area (Å²) < 4.78 is 4.77. The van der Waals surface area contributed by atoms with E-state index >= 15 is 0 Å². The van der Waals surface area contributed by atoms with Gasteiger partial charge in [-0.15, -0.1) is 0 Å². The molecule has 0 radical (unpaired) electrons. The number of hydrogen-bond donors (Lipinski definition) is 2. The van der Waals surface area contributed by atoms with E-state index in [9.17, 15) is 5.11 Å². The van der Waals surface area contributed by atoms with E-state index in [1.54, 1.807) is 0 Å². The van der Waals surface area contributed by atoms with Crippen molar-refractivity contribution in [3.63, 3.8) is 0 Å². The van der Waals surface area contributed by atoms with Gasteiger partial charge in [-0.1, -0.05) is 12.2 Å². The summed E-state index contributed by atoms with van der Waals surface area (Å²) in [4.78, 5) is 0. The highest BCUT2D eigenvalue weighted by molar-refractivity contribution is 5.15. The Morgan fingerprint density at radius 2 is 2.40 bits per heavy atom. The minimum absolute atomic E-state index is 0.250. The summed E-state index contributed by atoms with van der Waals surface area (Å²) in [5.41, 5.74) is 0.380. The number of aliphatic hydroxyl groups excluding tert-OH is 2. The molecule has 1 saturated carbocycles. The van der Waals surface area contributed by atoms with Crippen molar-refractivity contribution in [2.45, 2.75) is 38.2 Å². The van der Waals surface area contributed by atoms with Gasteiger partial charge in [-0.25, -0.2) is 0 Å². The number of hydrogen-bond acceptors (Lipinski definition) is 3. The molecule has 0 amide bonds. The van der Waals surface area contributed by atoms with Crippen LogP contribution in [0.25, 0.3) is 0 Å². The number of aliphatic hydroxyl groups is 2. The maximum atomic E-state index is 9.60. The Bertz CT molecular complexity index is 239. The topological polar surface area (TPSA) is 49.7 Å². The zero-order valence-electron chi connectivity index (χ0n) is 9.06. The summed E-state index contributed by atoms with van der Waals surface area (Å²) in [5, 5.41) is 18.1. The molecule has 0 aromatic carbocycles. The number of rotatable bonds is 6.